The van der Waals surface area contributed by atoms with Gasteiger partial charge in [-0.15, -0.1) is 0 Å². The summed E-state index contributed by atoms with van der Waals surface area (Å²) in [6.07, 6.45) is 2.46. The molecular formula is C12H16BrN. The summed E-state index contributed by atoms with van der Waals surface area (Å²) in [6, 6.07) is 6.71. The molecule has 1 fully saturated rings. The maximum atomic E-state index is 6.06. The molecule has 0 radical (unpaired) electrons. The van der Waals surface area contributed by atoms with Crippen LogP contribution in [0.15, 0.2) is 22.7 Å². The fourth-order valence-electron chi connectivity index (χ4n) is 2.14. The normalized spacial score (nSPS) is 20.6. The predicted molar refractivity (Wildman–Crippen MR) is 63.4 cm³/mol. The Morgan fingerprint density at radius 3 is 2.57 bits per heavy atom. The lowest BCUT2D eigenvalue weighted by molar-refractivity contribution is 0.554. The van der Waals surface area contributed by atoms with Crippen LogP contribution in [0.25, 0.3) is 0 Å². The largest absolute Gasteiger partial charge is 0.327 e. The van der Waals surface area contributed by atoms with Gasteiger partial charge in [0.15, 0.2) is 0 Å². The Bertz CT molecular complexity index is 353. The minimum Gasteiger partial charge on any atom is -0.327 e. The highest BCUT2D eigenvalue weighted by molar-refractivity contribution is 9.10. The maximum absolute atomic E-state index is 6.06. The van der Waals surface area contributed by atoms with Gasteiger partial charge in [0.1, 0.15) is 0 Å². The standard InChI is InChI=1S/C12H16BrN/c1-8-4-3-5-10(11(8)13)12(6-7-12)9(2)14/h3-5,9H,6-7,14H2,1-2H3. The van der Waals surface area contributed by atoms with Crippen LogP contribution in [0.3, 0.4) is 0 Å². The molecule has 1 aromatic rings. The summed E-state index contributed by atoms with van der Waals surface area (Å²) >= 11 is 3.67. The van der Waals surface area contributed by atoms with Crippen molar-refractivity contribution in [2.24, 2.45) is 5.73 Å². The highest BCUT2D eigenvalue weighted by atomic mass is 79.9. The quantitative estimate of drug-likeness (QED) is 0.862. The molecule has 1 aliphatic rings. The topological polar surface area (TPSA) is 26.0 Å². The first-order valence-corrected chi connectivity index (χ1v) is 5.88. The second-order valence-corrected chi connectivity index (χ2v) is 5.17. The van der Waals surface area contributed by atoms with Crippen LogP contribution in [-0.2, 0) is 5.41 Å². The summed E-state index contributed by atoms with van der Waals surface area (Å²) < 4.78 is 1.25. The van der Waals surface area contributed by atoms with E-state index in [1.54, 1.807) is 0 Å². The molecule has 1 saturated carbocycles. The lowest BCUT2D eigenvalue weighted by atomic mass is 9.89. The van der Waals surface area contributed by atoms with Crippen molar-refractivity contribution in [1.29, 1.82) is 0 Å². The summed E-state index contributed by atoms with van der Waals surface area (Å²) in [6.45, 7) is 4.24. The van der Waals surface area contributed by atoms with Gasteiger partial charge in [-0.05, 0) is 37.8 Å². The second-order valence-electron chi connectivity index (χ2n) is 4.38. The Hall–Kier alpha value is -0.340. The Balaban J connectivity index is 2.47. The smallest absolute Gasteiger partial charge is 0.0242 e. The van der Waals surface area contributed by atoms with Crippen molar-refractivity contribution in [2.75, 3.05) is 0 Å². The Morgan fingerprint density at radius 2 is 2.07 bits per heavy atom. The highest BCUT2D eigenvalue weighted by Crippen LogP contribution is 2.52. The van der Waals surface area contributed by atoms with Gasteiger partial charge >= 0.3 is 0 Å². The van der Waals surface area contributed by atoms with Crippen molar-refractivity contribution in [3.05, 3.63) is 33.8 Å². The van der Waals surface area contributed by atoms with Crippen molar-refractivity contribution in [1.82, 2.24) is 0 Å². The Labute approximate surface area is 93.8 Å². The van der Waals surface area contributed by atoms with E-state index in [4.69, 9.17) is 5.73 Å². The van der Waals surface area contributed by atoms with Gasteiger partial charge in [-0.1, -0.05) is 34.1 Å². The van der Waals surface area contributed by atoms with E-state index >= 15 is 0 Å². The van der Waals surface area contributed by atoms with Crippen molar-refractivity contribution in [3.63, 3.8) is 0 Å². The molecule has 1 atom stereocenters. The third-order valence-electron chi connectivity index (χ3n) is 3.39. The van der Waals surface area contributed by atoms with E-state index in [1.165, 1.54) is 28.4 Å². The molecule has 2 N–H and O–H groups in total. The van der Waals surface area contributed by atoms with Gasteiger partial charge in [0.05, 0.1) is 0 Å². The van der Waals surface area contributed by atoms with Crippen LogP contribution >= 0.6 is 15.9 Å². The lowest BCUT2D eigenvalue weighted by Gasteiger charge is -2.22. The van der Waals surface area contributed by atoms with Crippen molar-refractivity contribution >= 4 is 15.9 Å². The Morgan fingerprint density at radius 1 is 1.43 bits per heavy atom. The van der Waals surface area contributed by atoms with Gasteiger partial charge in [0, 0.05) is 15.9 Å². The molecule has 0 bridgehead atoms. The van der Waals surface area contributed by atoms with Crippen LogP contribution < -0.4 is 5.73 Å². The first-order valence-electron chi connectivity index (χ1n) is 5.09. The molecule has 1 unspecified atom stereocenters. The average Bonchev–Trinajstić information content (AvgIpc) is 2.90. The number of aryl methyl sites for hydroxylation is 1. The van der Waals surface area contributed by atoms with Crippen LogP contribution in [-0.4, -0.2) is 6.04 Å². The maximum Gasteiger partial charge on any atom is 0.0242 e. The number of halogens is 1. The molecular weight excluding hydrogens is 238 g/mol. The Kier molecular flexibility index (Phi) is 2.44. The summed E-state index contributed by atoms with van der Waals surface area (Å²) in [5, 5.41) is 0. The molecule has 1 aromatic carbocycles. The number of benzene rings is 1. The molecule has 2 heteroatoms. The van der Waals surface area contributed by atoms with Crippen LogP contribution in [0, 0.1) is 6.92 Å². The van der Waals surface area contributed by atoms with Gasteiger partial charge in [-0.3, -0.25) is 0 Å². The van der Waals surface area contributed by atoms with E-state index < -0.39 is 0 Å². The van der Waals surface area contributed by atoms with Gasteiger partial charge < -0.3 is 5.73 Å². The highest BCUT2D eigenvalue weighted by Gasteiger charge is 2.48. The van der Waals surface area contributed by atoms with Crippen LogP contribution in [0.2, 0.25) is 0 Å². The summed E-state index contributed by atoms with van der Waals surface area (Å²) in [5.74, 6) is 0. The van der Waals surface area contributed by atoms with E-state index in [1.807, 2.05) is 0 Å². The minimum absolute atomic E-state index is 0.251. The van der Waals surface area contributed by atoms with Crippen LogP contribution in [0.1, 0.15) is 30.9 Å². The molecule has 0 heterocycles. The number of nitrogens with two attached hydrogens (primary N) is 1. The van der Waals surface area contributed by atoms with Gasteiger partial charge in [-0.2, -0.15) is 0 Å². The fraction of sp³-hybridized carbons (Fsp3) is 0.500. The number of rotatable bonds is 2. The molecule has 14 heavy (non-hydrogen) atoms. The summed E-state index contributed by atoms with van der Waals surface area (Å²) in [4.78, 5) is 0. The molecule has 1 aliphatic carbocycles. The molecule has 0 aromatic heterocycles. The lowest BCUT2D eigenvalue weighted by Crippen LogP contribution is -2.31. The number of hydrogen-bond acceptors (Lipinski definition) is 1. The zero-order valence-corrected chi connectivity index (χ0v) is 10.3. The first kappa shape index (κ1) is 10.2. The summed E-state index contributed by atoms with van der Waals surface area (Å²) in [5.41, 5.74) is 9.01. The van der Waals surface area contributed by atoms with Crippen molar-refractivity contribution < 1.29 is 0 Å². The summed E-state index contributed by atoms with van der Waals surface area (Å²) in [7, 11) is 0. The SMILES string of the molecule is Cc1cccc(C2(C(C)N)CC2)c1Br. The zero-order chi connectivity index (χ0) is 10.3. The molecule has 2 rings (SSSR count). The van der Waals surface area contributed by atoms with E-state index in [2.05, 4.69) is 48.0 Å². The zero-order valence-electron chi connectivity index (χ0n) is 8.68. The van der Waals surface area contributed by atoms with Gasteiger partial charge in [0.25, 0.3) is 0 Å². The number of hydrogen-bond donors (Lipinski definition) is 1. The average molecular weight is 254 g/mol. The monoisotopic (exact) mass is 253 g/mol. The minimum atomic E-state index is 0.251. The van der Waals surface area contributed by atoms with E-state index in [0.717, 1.165) is 0 Å². The van der Waals surface area contributed by atoms with Crippen LogP contribution in [0.5, 0.6) is 0 Å². The van der Waals surface area contributed by atoms with Gasteiger partial charge in [0.2, 0.25) is 0 Å². The van der Waals surface area contributed by atoms with Crippen molar-refractivity contribution in [2.45, 2.75) is 38.1 Å². The molecule has 0 amide bonds. The third-order valence-corrected chi connectivity index (χ3v) is 4.44. The van der Waals surface area contributed by atoms with E-state index in [0.29, 0.717) is 0 Å². The first-order chi connectivity index (χ1) is 6.58. The molecule has 76 valence electrons. The molecule has 0 spiro atoms. The van der Waals surface area contributed by atoms with Crippen molar-refractivity contribution in [3.8, 4) is 0 Å². The third kappa shape index (κ3) is 1.41. The molecule has 0 aliphatic heterocycles. The fourth-order valence-corrected chi connectivity index (χ4v) is 2.80. The van der Waals surface area contributed by atoms with Gasteiger partial charge in [-0.25, -0.2) is 0 Å². The van der Waals surface area contributed by atoms with E-state index in [-0.39, 0.29) is 11.5 Å². The van der Waals surface area contributed by atoms with Crippen LogP contribution in [0.4, 0.5) is 0 Å². The molecule has 0 saturated heterocycles. The van der Waals surface area contributed by atoms with E-state index in [9.17, 15) is 0 Å². The molecule has 1 nitrogen and oxygen atoms in total. The predicted octanol–water partition coefficient (Wildman–Crippen LogP) is 3.14. The second kappa shape index (κ2) is 3.35.